The van der Waals surface area contributed by atoms with Crippen molar-refractivity contribution in [2.75, 3.05) is 18.2 Å². The number of hydrogen-bond acceptors (Lipinski definition) is 4. The Hall–Kier alpha value is -1.79. The third-order valence-corrected chi connectivity index (χ3v) is 4.74. The Kier molecular flexibility index (Phi) is 4.49. The van der Waals surface area contributed by atoms with Gasteiger partial charge in [0.25, 0.3) is 5.56 Å². The van der Waals surface area contributed by atoms with Crippen LogP contribution in [0.5, 0.6) is 0 Å². The van der Waals surface area contributed by atoms with E-state index in [2.05, 4.69) is 15.6 Å². The van der Waals surface area contributed by atoms with Crippen LogP contribution in [0.25, 0.3) is 10.9 Å². The van der Waals surface area contributed by atoms with Crippen molar-refractivity contribution in [2.24, 2.45) is 0 Å². The highest BCUT2D eigenvalue weighted by atomic mass is 32.2. The van der Waals surface area contributed by atoms with Crippen molar-refractivity contribution in [2.45, 2.75) is 19.4 Å². The summed E-state index contributed by atoms with van der Waals surface area (Å²) >= 11 is 1.72. The number of H-pyrrole nitrogens is 1. The van der Waals surface area contributed by atoms with E-state index in [1.165, 1.54) is 0 Å². The molecular weight excluding hydrogens is 298 g/mol. The van der Waals surface area contributed by atoms with Gasteiger partial charge in [-0.05, 0) is 36.9 Å². The van der Waals surface area contributed by atoms with Gasteiger partial charge in [0, 0.05) is 29.3 Å². The first-order valence-electron chi connectivity index (χ1n) is 7.35. The highest BCUT2D eigenvalue weighted by Crippen LogP contribution is 2.13. The van der Waals surface area contributed by atoms with Gasteiger partial charge in [0.15, 0.2) is 0 Å². The molecule has 0 spiro atoms. The van der Waals surface area contributed by atoms with E-state index in [1.54, 1.807) is 11.8 Å². The number of nitrogens with one attached hydrogen (secondary N) is 3. The zero-order chi connectivity index (χ0) is 15.5. The molecule has 3 N–H and O–H groups in total. The normalized spacial score (nSPS) is 17.8. The minimum Gasteiger partial charge on any atom is -0.354 e. The van der Waals surface area contributed by atoms with Crippen LogP contribution in [0.4, 0.5) is 0 Å². The maximum Gasteiger partial charge on any atom is 0.251 e. The van der Waals surface area contributed by atoms with Crippen LogP contribution < -0.4 is 16.2 Å². The molecule has 22 heavy (non-hydrogen) atoms. The lowest BCUT2D eigenvalue weighted by atomic mass is 10.1. The van der Waals surface area contributed by atoms with Gasteiger partial charge in [-0.15, -0.1) is 11.8 Å². The Balaban J connectivity index is 1.67. The molecule has 0 saturated carbocycles. The van der Waals surface area contributed by atoms with Gasteiger partial charge in [-0.25, -0.2) is 0 Å². The number of carbonyl (C=O) groups is 1. The lowest BCUT2D eigenvalue weighted by Crippen LogP contribution is -2.42. The van der Waals surface area contributed by atoms with E-state index in [-0.39, 0.29) is 17.5 Å². The van der Waals surface area contributed by atoms with Crippen molar-refractivity contribution in [3.05, 3.63) is 45.7 Å². The van der Waals surface area contributed by atoms with Crippen molar-refractivity contribution in [1.29, 1.82) is 0 Å². The summed E-state index contributed by atoms with van der Waals surface area (Å²) in [6, 6.07) is 7.75. The van der Waals surface area contributed by atoms with Crippen molar-refractivity contribution in [3.63, 3.8) is 0 Å². The van der Waals surface area contributed by atoms with Crippen LogP contribution in [0, 0.1) is 6.92 Å². The average molecular weight is 317 g/mol. The molecular formula is C16H19N3O2S. The summed E-state index contributed by atoms with van der Waals surface area (Å²) in [5.41, 5.74) is 2.62. The predicted molar refractivity (Wildman–Crippen MR) is 90.3 cm³/mol. The van der Waals surface area contributed by atoms with Crippen LogP contribution in [0.15, 0.2) is 29.1 Å². The molecule has 5 nitrogen and oxygen atoms in total. The molecule has 2 aromatic rings. The second kappa shape index (κ2) is 6.54. The van der Waals surface area contributed by atoms with Crippen molar-refractivity contribution >= 4 is 28.6 Å². The van der Waals surface area contributed by atoms with E-state index >= 15 is 0 Å². The molecule has 0 bridgehead atoms. The molecule has 2 heterocycles. The molecule has 1 atom stereocenters. The van der Waals surface area contributed by atoms with Gasteiger partial charge < -0.3 is 10.3 Å². The van der Waals surface area contributed by atoms with Gasteiger partial charge in [0.2, 0.25) is 5.91 Å². The zero-order valence-corrected chi connectivity index (χ0v) is 13.3. The molecule has 1 fully saturated rings. The maximum absolute atomic E-state index is 12.1. The molecule has 6 heteroatoms. The molecule has 1 amide bonds. The Morgan fingerprint density at radius 2 is 2.27 bits per heavy atom. The van der Waals surface area contributed by atoms with E-state index < -0.39 is 0 Å². The largest absolute Gasteiger partial charge is 0.354 e. The summed E-state index contributed by atoms with van der Waals surface area (Å²) < 4.78 is 0. The standard InChI is InChI=1S/C16H19N3O2S/c1-10-2-3-13-12(6-10)7-11(15(20)19-13)4-5-17-16(21)14-8-22-9-18-14/h2-3,6-7,14,18H,4-5,8-9H2,1H3,(H,17,21)(H,19,20). The first-order valence-corrected chi connectivity index (χ1v) is 8.50. The number of pyridine rings is 1. The molecule has 1 aliphatic heterocycles. The van der Waals surface area contributed by atoms with Gasteiger partial charge in [0.05, 0.1) is 6.04 Å². The first-order chi connectivity index (χ1) is 10.6. The van der Waals surface area contributed by atoms with Crippen molar-refractivity contribution in [3.8, 4) is 0 Å². The van der Waals surface area contributed by atoms with Crippen molar-refractivity contribution < 1.29 is 4.79 Å². The summed E-state index contributed by atoms with van der Waals surface area (Å²) in [6.45, 7) is 2.50. The summed E-state index contributed by atoms with van der Waals surface area (Å²) in [7, 11) is 0. The molecule has 1 aliphatic rings. The maximum atomic E-state index is 12.1. The fourth-order valence-electron chi connectivity index (χ4n) is 2.56. The monoisotopic (exact) mass is 317 g/mol. The highest BCUT2D eigenvalue weighted by molar-refractivity contribution is 7.99. The second-order valence-electron chi connectivity index (χ2n) is 5.53. The number of aromatic amines is 1. The number of hydrogen-bond donors (Lipinski definition) is 3. The van der Waals surface area contributed by atoms with Crippen LogP contribution in [0.2, 0.25) is 0 Å². The SMILES string of the molecule is Cc1ccc2[nH]c(=O)c(CCNC(=O)C3CSCN3)cc2c1. The molecule has 0 radical (unpaired) electrons. The number of amides is 1. The smallest absolute Gasteiger partial charge is 0.251 e. The minimum absolute atomic E-state index is 0.0121. The Morgan fingerprint density at radius 3 is 3.05 bits per heavy atom. The van der Waals surface area contributed by atoms with E-state index in [1.807, 2.05) is 31.2 Å². The third-order valence-electron chi connectivity index (χ3n) is 3.80. The molecule has 1 saturated heterocycles. The number of rotatable bonds is 4. The summed E-state index contributed by atoms with van der Waals surface area (Å²) in [5, 5.41) is 7.04. The van der Waals surface area contributed by atoms with Crippen LogP contribution in [-0.2, 0) is 11.2 Å². The fraction of sp³-hybridized carbons (Fsp3) is 0.375. The summed E-state index contributed by atoms with van der Waals surface area (Å²) in [5.74, 6) is 1.64. The number of aryl methyl sites for hydroxylation is 1. The summed E-state index contributed by atoms with van der Waals surface area (Å²) in [6.07, 6.45) is 0.533. The Morgan fingerprint density at radius 1 is 1.41 bits per heavy atom. The lowest BCUT2D eigenvalue weighted by molar-refractivity contribution is -0.122. The van der Waals surface area contributed by atoms with E-state index in [0.717, 1.165) is 28.1 Å². The third kappa shape index (κ3) is 3.34. The first kappa shape index (κ1) is 15.1. The van der Waals surface area contributed by atoms with Crippen LogP contribution >= 0.6 is 11.8 Å². The summed E-state index contributed by atoms with van der Waals surface area (Å²) in [4.78, 5) is 26.9. The number of aromatic nitrogens is 1. The zero-order valence-electron chi connectivity index (χ0n) is 12.4. The van der Waals surface area contributed by atoms with Gasteiger partial charge in [0.1, 0.15) is 0 Å². The predicted octanol–water partition coefficient (Wildman–Crippen LogP) is 1.16. The molecule has 0 aliphatic carbocycles. The molecule has 1 unspecified atom stereocenters. The Labute approximate surface area is 132 Å². The Bertz CT molecular complexity index is 751. The average Bonchev–Trinajstić information content (AvgIpc) is 3.02. The van der Waals surface area contributed by atoms with Gasteiger partial charge in [-0.2, -0.15) is 0 Å². The number of thioether (sulfide) groups is 1. The number of fused-ring (bicyclic) bond motifs is 1. The fourth-order valence-corrected chi connectivity index (χ4v) is 3.51. The van der Waals surface area contributed by atoms with Crippen LogP contribution in [0.3, 0.4) is 0 Å². The van der Waals surface area contributed by atoms with Crippen LogP contribution in [-0.4, -0.2) is 35.1 Å². The molecule has 116 valence electrons. The van der Waals surface area contributed by atoms with Gasteiger partial charge in [-0.3, -0.25) is 14.9 Å². The molecule has 1 aromatic carbocycles. The second-order valence-corrected chi connectivity index (χ2v) is 6.56. The number of carbonyl (C=O) groups excluding carboxylic acids is 1. The minimum atomic E-state index is -0.109. The molecule has 3 rings (SSSR count). The highest BCUT2D eigenvalue weighted by Gasteiger charge is 2.21. The van der Waals surface area contributed by atoms with Gasteiger partial charge >= 0.3 is 0 Å². The van der Waals surface area contributed by atoms with E-state index in [0.29, 0.717) is 18.5 Å². The van der Waals surface area contributed by atoms with E-state index in [4.69, 9.17) is 0 Å². The topological polar surface area (TPSA) is 74.0 Å². The quantitative estimate of drug-likeness (QED) is 0.791. The van der Waals surface area contributed by atoms with Gasteiger partial charge in [-0.1, -0.05) is 11.6 Å². The lowest BCUT2D eigenvalue weighted by Gasteiger charge is -2.10. The number of benzene rings is 1. The van der Waals surface area contributed by atoms with Crippen LogP contribution in [0.1, 0.15) is 11.1 Å². The van der Waals surface area contributed by atoms with Crippen molar-refractivity contribution in [1.82, 2.24) is 15.6 Å². The molecule has 1 aromatic heterocycles. The van der Waals surface area contributed by atoms with E-state index in [9.17, 15) is 9.59 Å².